The lowest BCUT2D eigenvalue weighted by Gasteiger charge is -2.28. The SMILES string of the molecule is O=C(O)CN(Cc1ccc(Cl)cc1)C(=O)C1CCOCC1. The number of carboxylic acids is 1. The standard InChI is InChI=1S/C15H18ClNO4/c16-13-3-1-11(2-4-13)9-17(10-14(18)19)15(20)12-5-7-21-8-6-12/h1-4,12H,5-10H2,(H,18,19). The quantitative estimate of drug-likeness (QED) is 0.905. The molecule has 1 aromatic rings. The summed E-state index contributed by atoms with van der Waals surface area (Å²) in [5, 5.41) is 9.62. The van der Waals surface area contributed by atoms with Gasteiger partial charge in [-0.1, -0.05) is 23.7 Å². The summed E-state index contributed by atoms with van der Waals surface area (Å²) >= 11 is 5.83. The molecule has 1 heterocycles. The van der Waals surface area contributed by atoms with Crippen LogP contribution in [0.15, 0.2) is 24.3 Å². The predicted molar refractivity (Wildman–Crippen MR) is 78.0 cm³/mol. The van der Waals surface area contributed by atoms with Crippen molar-refractivity contribution in [3.63, 3.8) is 0 Å². The highest BCUT2D eigenvalue weighted by Crippen LogP contribution is 2.19. The first-order chi connectivity index (χ1) is 10.1. The zero-order chi connectivity index (χ0) is 15.2. The Labute approximate surface area is 128 Å². The van der Waals surface area contributed by atoms with Crippen molar-refractivity contribution in [2.75, 3.05) is 19.8 Å². The van der Waals surface area contributed by atoms with Gasteiger partial charge in [0.1, 0.15) is 6.54 Å². The molecule has 1 aromatic carbocycles. The molecule has 1 fully saturated rings. The van der Waals surface area contributed by atoms with Crippen LogP contribution in [0, 0.1) is 5.92 Å². The first kappa shape index (κ1) is 15.8. The normalized spacial score (nSPS) is 15.7. The van der Waals surface area contributed by atoms with Gasteiger partial charge in [0.25, 0.3) is 0 Å². The number of rotatable bonds is 5. The molecule has 114 valence electrons. The van der Waals surface area contributed by atoms with Crippen molar-refractivity contribution in [1.29, 1.82) is 0 Å². The molecule has 0 spiro atoms. The molecule has 0 aromatic heterocycles. The van der Waals surface area contributed by atoms with Crippen LogP contribution in [0.5, 0.6) is 0 Å². The minimum absolute atomic E-state index is 0.115. The maximum absolute atomic E-state index is 12.5. The molecule has 0 aliphatic carbocycles. The maximum atomic E-state index is 12.5. The fraction of sp³-hybridized carbons (Fsp3) is 0.467. The zero-order valence-electron chi connectivity index (χ0n) is 11.6. The van der Waals surface area contributed by atoms with Crippen LogP contribution in [-0.2, 0) is 20.9 Å². The van der Waals surface area contributed by atoms with Gasteiger partial charge in [-0.2, -0.15) is 0 Å². The third-order valence-electron chi connectivity index (χ3n) is 3.50. The number of carboxylic acid groups (broad SMARTS) is 1. The molecule has 21 heavy (non-hydrogen) atoms. The summed E-state index contributed by atoms with van der Waals surface area (Å²) in [6.45, 7) is 1.09. The van der Waals surface area contributed by atoms with Crippen molar-refractivity contribution < 1.29 is 19.4 Å². The Kier molecular flexibility index (Phi) is 5.59. The minimum atomic E-state index is -1.01. The molecule has 1 amide bonds. The Bertz CT molecular complexity index is 497. The molecule has 1 saturated heterocycles. The van der Waals surface area contributed by atoms with Gasteiger partial charge in [0.05, 0.1) is 0 Å². The second-order valence-electron chi connectivity index (χ2n) is 5.10. The van der Waals surface area contributed by atoms with E-state index in [9.17, 15) is 9.59 Å². The molecule has 6 heteroatoms. The smallest absolute Gasteiger partial charge is 0.323 e. The van der Waals surface area contributed by atoms with E-state index in [0.29, 0.717) is 31.1 Å². The summed E-state index contributed by atoms with van der Waals surface area (Å²) in [4.78, 5) is 24.9. The van der Waals surface area contributed by atoms with Crippen molar-refractivity contribution in [3.05, 3.63) is 34.9 Å². The number of ether oxygens (including phenoxy) is 1. The Hall–Kier alpha value is -1.59. The highest BCUT2D eigenvalue weighted by molar-refractivity contribution is 6.30. The van der Waals surface area contributed by atoms with Crippen LogP contribution in [0.25, 0.3) is 0 Å². The summed E-state index contributed by atoms with van der Waals surface area (Å²) in [5.74, 6) is -1.27. The predicted octanol–water partition coefficient (Wildman–Crippen LogP) is 2.18. The summed E-state index contributed by atoms with van der Waals surface area (Å²) in [6, 6.07) is 7.06. The van der Waals surface area contributed by atoms with Crippen LogP contribution in [0.1, 0.15) is 18.4 Å². The fourth-order valence-electron chi connectivity index (χ4n) is 2.39. The highest BCUT2D eigenvalue weighted by atomic mass is 35.5. The molecule has 5 nitrogen and oxygen atoms in total. The van der Waals surface area contributed by atoms with E-state index >= 15 is 0 Å². The van der Waals surface area contributed by atoms with Crippen LogP contribution in [0.4, 0.5) is 0 Å². The number of carbonyl (C=O) groups excluding carboxylic acids is 1. The van der Waals surface area contributed by atoms with E-state index in [0.717, 1.165) is 5.56 Å². The highest BCUT2D eigenvalue weighted by Gasteiger charge is 2.27. The topological polar surface area (TPSA) is 66.8 Å². The summed E-state index contributed by atoms with van der Waals surface area (Å²) in [6.07, 6.45) is 1.30. The van der Waals surface area contributed by atoms with Crippen molar-refractivity contribution in [1.82, 2.24) is 4.90 Å². The van der Waals surface area contributed by atoms with Gasteiger partial charge in [-0.25, -0.2) is 0 Å². The number of aliphatic carboxylic acids is 1. The lowest BCUT2D eigenvalue weighted by atomic mass is 9.98. The molecule has 0 bridgehead atoms. The van der Waals surface area contributed by atoms with Gasteiger partial charge < -0.3 is 14.7 Å². The number of halogens is 1. The lowest BCUT2D eigenvalue weighted by Crippen LogP contribution is -2.40. The first-order valence-electron chi connectivity index (χ1n) is 6.89. The lowest BCUT2D eigenvalue weighted by molar-refractivity contribution is -0.148. The van der Waals surface area contributed by atoms with E-state index in [1.807, 2.05) is 0 Å². The van der Waals surface area contributed by atoms with Crippen LogP contribution in [0.2, 0.25) is 5.02 Å². The molecule has 0 saturated carbocycles. The van der Waals surface area contributed by atoms with Crippen LogP contribution in [0.3, 0.4) is 0 Å². The van der Waals surface area contributed by atoms with E-state index in [4.69, 9.17) is 21.4 Å². The van der Waals surface area contributed by atoms with Crippen molar-refractivity contribution >= 4 is 23.5 Å². The van der Waals surface area contributed by atoms with E-state index < -0.39 is 5.97 Å². The summed E-state index contributed by atoms with van der Waals surface area (Å²) < 4.78 is 5.24. The molecule has 1 aliphatic rings. The molecule has 1 aliphatic heterocycles. The Balaban J connectivity index is 2.07. The number of hydrogen-bond donors (Lipinski definition) is 1. The van der Waals surface area contributed by atoms with E-state index in [-0.39, 0.29) is 24.9 Å². The third kappa shape index (κ3) is 4.72. The van der Waals surface area contributed by atoms with E-state index in [1.54, 1.807) is 24.3 Å². The van der Waals surface area contributed by atoms with Gasteiger partial charge in [0, 0.05) is 30.7 Å². The molecule has 0 atom stereocenters. The number of carbonyl (C=O) groups is 2. The van der Waals surface area contributed by atoms with Crippen molar-refractivity contribution in [3.8, 4) is 0 Å². The Morgan fingerprint density at radius 3 is 2.43 bits per heavy atom. The average molecular weight is 312 g/mol. The first-order valence-corrected chi connectivity index (χ1v) is 7.27. The Morgan fingerprint density at radius 1 is 1.24 bits per heavy atom. The monoisotopic (exact) mass is 311 g/mol. The van der Waals surface area contributed by atoms with E-state index in [1.165, 1.54) is 4.90 Å². The maximum Gasteiger partial charge on any atom is 0.323 e. The van der Waals surface area contributed by atoms with Crippen LogP contribution in [-0.4, -0.2) is 41.6 Å². The largest absolute Gasteiger partial charge is 0.480 e. The number of benzene rings is 1. The van der Waals surface area contributed by atoms with Crippen LogP contribution >= 0.6 is 11.6 Å². The fourth-order valence-corrected chi connectivity index (χ4v) is 2.51. The second-order valence-corrected chi connectivity index (χ2v) is 5.54. The van der Waals surface area contributed by atoms with Gasteiger partial charge in [0.2, 0.25) is 5.91 Å². The number of nitrogens with zero attached hydrogens (tertiary/aromatic N) is 1. The number of amides is 1. The molecule has 0 radical (unpaired) electrons. The minimum Gasteiger partial charge on any atom is -0.480 e. The molecule has 1 N–H and O–H groups in total. The summed E-state index contributed by atoms with van der Waals surface area (Å²) in [7, 11) is 0. The molecular formula is C15H18ClNO4. The average Bonchev–Trinajstić information content (AvgIpc) is 2.48. The molecule has 2 rings (SSSR count). The van der Waals surface area contributed by atoms with Gasteiger partial charge in [-0.3, -0.25) is 9.59 Å². The van der Waals surface area contributed by atoms with Gasteiger partial charge in [0.15, 0.2) is 0 Å². The van der Waals surface area contributed by atoms with Crippen molar-refractivity contribution in [2.45, 2.75) is 19.4 Å². The van der Waals surface area contributed by atoms with Gasteiger partial charge in [-0.05, 0) is 30.5 Å². The van der Waals surface area contributed by atoms with Crippen LogP contribution < -0.4 is 0 Å². The van der Waals surface area contributed by atoms with Crippen molar-refractivity contribution in [2.24, 2.45) is 5.92 Å². The Morgan fingerprint density at radius 2 is 1.86 bits per heavy atom. The van der Waals surface area contributed by atoms with Gasteiger partial charge >= 0.3 is 5.97 Å². The number of hydrogen-bond acceptors (Lipinski definition) is 3. The molecular weight excluding hydrogens is 294 g/mol. The summed E-state index contributed by atoms with van der Waals surface area (Å²) in [5.41, 5.74) is 0.862. The second kappa shape index (κ2) is 7.43. The van der Waals surface area contributed by atoms with Gasteiger partial charge in [-0.15, -0.1) is 0 Å². The third-order valence-corrected chi connectivity index (χ3v) is 3.75. The zero-order valence-corrected chi connectivity index (χ0v) is 12.4. The van der Waals surface area contributed by atoms with E-state index in [2.05, 4.69) is 0 Å². The molecule has 0 unspecified atom stereocenters.